The molecule has 2 fully saturated rings. The highest BCUT2D eigenvalue weighted by molar-refractivity contribution is 5.97. The molecule has 0 unspecified atom stereocenters. The van der Waals surface area contributed by atoms with Gasteiger partial charge in [0.05, 0.1) is 32.3 Å². The predicted octanol–water partition coefficient (Wildman–Crippen LogP) is 7.66. The minimum Gasteiger partial charge on any atom is -0.465 e. The fourth-order valence-electron chi connectivity index (χ4n) is 7.05. The number of urea groups is 2. The van der Waals surface area contributed by atoms with Gasteiger partial charge in [-0.05, 0) is 89.1 Å². The standard InChI is InChI=1S/C25H32N4O4.C25H31N3O5/c1-25(2,3)33-24(32)28-15-13-27(14-16-28)23(31)29(21-7-5-4-6-8-21)18-19-9-11-20(12-10-19)22(30)17-26;1-25(2,3)33-24(31)27-16-14-26(15-17-27)23(30)28(21-8-6-5-7-9-21)18-19-10-12-20(13-11-19)22(29)32-4/h4-12H,13-18,26H2,1-3H3;5-13H,14-18H2,1-4H3. The summed E-state index contributed by atoms with van der Waals surface area (Å²) in [5.41, 5.74) is 8.66. The first-order valence-electron chi connectivity index (χ1n) is 22.0. The number of piperazine rings is 2. The Morgan fingerprint density at radius 3 is 1.15 bits per heavy atom. The number of esters is 1. The maximum absolute atomic E-state index is 13.5. The fraction of sp³-hybridized carbons (Fsp3) is 0.400. The number of para-hydroxylation sites is 2. The number of nitrogens with two attached hydrogens (primary N) is 1. The molecule has 2 aliphatic heterocycles. The summed E-state index contributed by atoms with van der Waals surface area (Å²) in [4.78, 5) is 85.3. The Morgan fingerprint density at radius 2 is 0.833 bits per heavy atom. The van der Waals surface area contributed by atoms with E-state index in [1.54, 1.807) is 53.7 Å². The lowest BCUT2D eigenvalue weighted by atomic mass is 10.1. The third-order valence-corrected chi connectivity index (χ3v) is 10.5. The summed E-state index contributed by atoms with van der Waals surface area (Å²) in [5, 5.41) is 0. The van der Waals surface area contributed by atoms with Crippen molar-refractivity contribution in [2.45, 2.75) is 65.8 Å². The molecule has 0 saturated carbocycles. The molecular formula is C50H63N7O9. The highest BCUT2D eigenvalue weighted by atomic mass is 16.6. The van der Waals surface area contributed by atoms with Crippen LogP contribution in [0.3, 0.4) is 0 Å². The molecule has 0 aromatic heterocycles. The zero-order valence-electron chi connectivity index (χ0n) is 39.1. The number of Topliss-reactive ketones (excluding diaryl/α,β-unsaturated/α-hetero) is 1. The fourth-order valence-corrected chi connectivity index (χ4v) is 7.05. The first kappa shape index (κ1) is 50.1. The van der Waals surface area contributed by atoms with Gasteiger partial charge in [0, 0.05) is 69.3 Å². The largest absolute Gasteiger partial charge is 0.465 e. The molecule has 4 aromatic carbocycles. The second kappa shape index (κ2) is 22.8. The quantitative estimate of drug-likeness (QED) is 0.0998. The van der Waals surface area contributed by atoms with Gasteiger partial charge in [0.25, 0.3) is 0 Å². The smallest absolute Gasteiger partial charge is 0.410 e. The van der Waals surface area contributed by atoms with Gasteiger partial charge >= 0.3 is 30.2 Å². The molecule has 0 atom stereocenters. The molecule has 352 valence electrons. The van der Waals surface area contributed by atoms with Crippen LogP contribution in [0.25, 0.3) is 0 Å². The molecule has 0 bridgehead atoms. The summed E-state index contributed by atoms with van der Waals surface area (Å²) in [5.74, 6) is -0.527. The molecule has 2 heterocycles. The zero-order valence-corrected chi connectivity index (χ0v) is 39.1. The van der Waals surface area contributed by atoms with Crippen molar-refractivity contribution in [1.29, 1.82) is 0 Å². The molecule has 16 heteroatoms. The van der Waals surface area contributed by atoms with E-state index in [2.05, 4.69) is 0 Å². The Morgan fingerprint density at radius 1 is 0.500 bits per heavy atom. The van der Waals surface area contributed by atoms with Crippen molar-refractivity contribution in [2.24, 2.45) is 5.73 Å². The summed E-state index contributed by atoms with van der Waals surface area (Å²) in [6.07, 6.45) is -0.721. The van der Waals surface area contributed by atoms with Crippen LogP contribution in [0, 0.1) is 0 Å². The number of ketones is 1. The van der Waals surface area contributed by atoms with Gasteiger partial charge in [0.15, 0.2) is 5.78 Å². The van der Waals surface area contributed by atoms with Crippen LogP contribution < -0.4 is 15.5 Å². The predicted molar refractivity (Wildman–Crippen MR) is 252 cm³/mol. The first-order valence-corrected chi connectivity index (χ1v) is 22.0. The number of carbonyl (C=O) groups excluding carboxylic acids is 6. The van der Waals surface area contributed by atoms with E-state index in [0.717, 1.165) is 22.5 Å². The summed E-state index contributed by atoms with van der Waals surface area (Å²) in [7, 11) is 1.34. The molecule has 66 heavy (non-hydrogen) atoms. The average molecular weight is 906 g/mol. The maximum Gasteiger partial charge on any atom is 0.410 e. The normalized spacial score (nSPS) is 14.0. The Labute approximate surface area is 387 Å². The number of ether oxygens (including phenoxy) is 3. The number of nitrogens with zero attached hydrogens (tertiary/aromatic N) is 6. The van der Waals surface area contributed by atoms with Crippen LogP contribution in [0.5, 0.6) is 0 Å². The van der Waals surface area contributed by atoms with Crippen LogP contribution in [0.15, 0.2) is 109 Å². The lowest BCUT2D eigenvalue weighted by molar-refractivity contribution is 0.0164. The Hall–Kier alpha value is -6.94. The van der Waals surface area contributed by atoms with E-state index >= 15 is 0 Å². The average Bonchev–Trinajstić information content (AvgIpc) is 3.31. The second-order valence-electron chi connectivity index (χ2n) is 17.8. The molecule has 16 nitrogen and oxygen atoms in total. The third-order valence-electron chi connectivity index (χ3n) is 10.5. The minimum atomic E-state index is -0.558. The summed E-state index contributed by atoms with van der Waals surface area (Å²) < 4.78 is 15.6. The Balaban J connectivity index is 0.000000247. The molecular weight excluding hydrogens is 843 g/mol. The van der Waals surface area contributed by atoms with E-state index in [4.69, 9.17) is 19.9 Å². The van der Waals surface area contributed by atoms with Crippen molar-refractivity contribution in [3.8, 4) is 0 Å². The van der Waals surface area contributed by atoms with Gasteiger partial charge in [-0.2, -0.15) is 0 Å². The van der Waals surface area contributed by atoms with E-state index in [1.807, 2.05) is 126 Å². The number of hydrogen-bond acceptors (Lipinski definition) is 10. The molecule has 0 spiro atoms. The van der Waals surface area contributed by atoms with Gasteiger partial charge < -0.3 is 39.5 Å². The van der Waals surface area contributed by atoms with E-state index in [0.29, 0.717) is 76.6 Å². The maximum atomic E-state index is 13.5. The number of hydrogen-bond donors (Lipinski definition) is 1. The van der Waals surface area contributed by atoms with E-state index in [-0.39, 0.29) is 36.6 Å². The molecule has 2 aliphatic rings. The third kappa shape index (κ3) is 14.5. The van der Waals surface area contributed by atoms with Crippen molar-refractivity contribution >= 4 is 47.4 Å². The second-order valence-corrected chi connectivity index (χ2v) is 17.8. The highest BCUT2D eigenvalue weighted by Crippen LogP contribution is 2.23. The number of methoxy groups -OCH3 is 1. The summed E-state index contributed by atoms with van der Waals surface area (Å²) >= 11 is 0. The van der Waals surface area contributed by atoms with E-state index in [1.165, 1.54) is 7.11 Å². The summed E-state index contributed by atoms with van der Waals surface area (Å²) in [6, 6.07) is 32.8. The number of amides is 6. The van der Waals surface area contributed by atoms with Crippen molar-refractivity contribution in [3.05, 3.63) is 131 Å². The SMILES string of the molecule is CC(C)(C)OC(=O)N1CCN(C(=O)N(Cc2ccc(C(=O)CN)cc2)c2ccccc2)CC1.COC(=O)c1ccc(CN(C(=O)N2CCN(C(=O)OC(C)(C)C)CC2)c2ccccc2)cc1. The van der Waals surface area contributed by atoms with Crippen molar-refractivity contribution < 1.29 is 43.0 Å². The van der Waals surface area contributed by atoms with Crippen LogP contribution >= 0.6 is 0 Å². The number of anilines is 2. The first-order chi connectivity index (χ1) is 31.3. The van der Waals surface area contributed by atoms with Crippen molar-refractivity contribution in [1.82, 2.24) is 19.6 Å². The minimum absolute atomic E-state index is 0.0384. The molecule has 4 aromatic rings. The van der Waals surface area contributed by atoms with E-state index in [9.17, 15) is 28.8 Å². The number of benzene rings is 4. The molecule has 6 amide bonds. The lowest BCUT2D eigenvalue weighted by Crippen LogP contribution is -2.54. The monoisotopic (exact) mass is 905 g/mol. The Kier molecular flexibility index (Phi) is 17.3. The molecule has 2 N–H and O–H groups in total. The molecule has 2 saturated heterocycles. The molecule has 0 aliphatic carbocycles. The van der Waals surface area contributed by atoms with Gasteiger partial charge in [-0.25, -0.2) is 24.0 Å². The highest BCUT2D eigenvalue weighted by Gasteiger charge is 2.32. The van der Waals surface area contributed by atoms with Gasteiger partial charge in [-0.3, -0.25) is 14.6 Å². The van der Waals surface area contributed by atoms with E-state index < -0.39 is 17.2 Å². The van der Waals surface area contributed by atoms with Crippen LogP contribution in [0.1, 0.15) is 73.4 Å². The van der Waals surface area contributed by atoms with Gasteiger partial charge in [-0.15, -0.1) is 0 Å². The zero-order chi connectivity index (χ0) is 48.0. The number of rotatable bonds is 9. The molecule has 0 radical (unpaired) electrons. The van der Waals surface area contributed by atoms with Crippen molar-refractivity contribution in [2.75, 3.05) is 75.8 Å². The Bertz CT molecular complexity index is 2090. The van der Waals surface area contributed by atoms with Gasteiger partial charge in [0.2, 0.25) is 0 Å². The van der Waals surface area contributed by atoms with Crippen molar-refractivity contribution in [3.63, 3.8) is 0 Å². The van der Waals surface area contributed by atoms with Crippen LogP contribution in [0.2, 0.25) is 0 Å². The van der Waals surface area contributed by atoms with Crippen LogP contribution in [-0.2, 0) is 27.3 Å². The number of carbonyl (C=O) groups is 6. The lowest BCUT2D eigenvalue weighted by Gasteiger charge is -2.38. The summed E-state index contributed by atoms with van der Waals surface area (Å²) in [6.45, 7) is 15.0. The van der Waals surface area contributed by atoms with Crippen LogP contribution in [0.4, 0.5) is 30.6 Å². The van der Waals surface area contributed by atoms with Crippen LogP contribution in [-0.4, -0.2) is 133 Å². The van der Waals surface area contributed by atoms with Gasteiger partial charge in [0.1, 0.15) is 11.2 Å². The van der Waals surface area contributed by atoms with Gasteiger partial charge in [-0.1, -0.05) is 72.8 Å². The topological polar surface area (TPSA) is 176 Å². The molecule has 6 rings (SSSR count).